The second-order valence-electron chi connectivity index (χ2n) is 9.11. The smallest absolute Gasteiger partial charge is 0.334 e. The summed E-state index contributed by atoms with van der Waals surface area (Å²) in [5.74, 6) is 0.166. The number of pyridine rings is 2. The van der Waals surface area contributed by atoms with Gasteiger partial charge in [0.2, 0.25) is 0 Å². The fraction of sp³-hybridized carbons (Fsp3) is 0.308. The van der Waals surface area contributed by atoms with Gasteiger partial charge in [0.25, 0.3) is 12.3 Å². The molecule has 11 heteroatoms. The van der Waals surface area contributed by atoms with Gasteiger partial charge in [-0.1, -0.05) is 29.8 Å². The minimum Gasteiger partial charge on any atom is -0.349 e. The maximum Gasteiger partial charge on any atom is 0.334 e. The van der Waals surface area contributed by atoms with Crippen LogP contribution in [0.3, 0.4) is 0 Å². The number of nitrogens with zero attached hydrogens (tertiary/aromatic N) is 4. The summed E-state index contributed by atoms with van der Waals surface area (Å²) in [7, 11) is 0. The topological polar surface area (TPSA) is 81.8 Å². The van der Waals surface area contributed by atoms with Crippen molar-refractivity contribution in [3.8, 4) is 5.82 Å². The van der Waals surface area contributed by atoms with Gasteiger partial charge in [0, 0.05) is 18.8 Å². The molecule has 0 aliphatic heterocycles. The number of nitrogens with one attached hydrogen (secondary N) is 1. The summed E-state index contributed by atoms with van der Waals surface area (Å²) in [6.45, 7) is 0.536. The fourth-order valence-corrected chi connectivity index (χ4v) is 5.44. The molecular weight excluding hydrogens is 568 g/mol. The van der Waals surface area contributed by atoms with Crippen LogP contribution in [-0.4, -0.2) is 31.1 Å². The molecule has 0 unspecified atom stereocenters. The van der Waals surface area contributed by atoms with Crippen molar-refractivity contribution in [1.82, 2.24) is 24.4 Å². The number of carbonyl (C=O) groups is 1. The molecule has 0 atom stereocenters. The Morgan fingerprint density at radius 2 is 1.84 bits per heavy atom. The van der Waals surface area contributed by atoms with E-state index in [1.165, 1.54) is 6.07 Å². The van der Waals surface area contributed by atoms with Crippen LogP contribution in [0.5, 0.6) is 0 Å². The number of imidazole rings is 1. The van der Waals surface area contributed by atoms with Crippen molar-refractivity contribution < 1.29 is 13.6 Å². The summed E-state index contributed by atoms with van der Waals surface area (Å²) >= 11 is 9.26. The van der Waals surface area contributed by atoms with Gasteiger partial charge in [-0.05, 0) is 77.9 Å². The normalized spacial score (nSPS) is 17.9. The van der Waals surface area contributed by atoms with Crippen LogP contribution in [0.25, 0.3) is 16.9 Å². The van der Waals surface area contributed by atoms with Crippen molar-refractivity contribution in [3.05, 3.63) is 86.1 Å². The number of rotatable bonds is 6. The number of aromatic nitrogens is 4. The number of fused-ring (bicyclic) bond motifs is 1. The molecule has 3 heterocycles. The number of hydrogen-bond donors (Lipinski definition) is 1. The number of alkyl halides is 2. The van der Waals surface area contributed by atoms with E-state index in [-0.39, 0.29) is 28.2 Å². The first-order valence-electron chi connectivity index (χ1n) is 11.9. The predicted octanol–water partition coefficient (Wildman–Crippen LogP) is 5.92. The van der Waals surface area contributed by atoms with Crippen LogP contribution in [-0.2, 0) is 6.54 Å². The second kappa shape index (κ2) is 10.7. The Bertz CT molecular complexity index is 1510. The Labute approximate surface area is 224 Å². The Morgan fingerprint density at radius 1 is 1.11 bits per heavy atom. The molecule has 0 saturated heterocycles. The minimum atomic E-state index is -2.87. The third-order valence-electron chi connectivity index (χ3n) is 6.72. The van der Waals surface area contributed by atoms with Crippen molar-refractivity contribution >= 4 is 44.5 Å². The lowest BCUT2D eigenvalue weighted by Crippen LogP contribution is -2.39. The second-order valence-corrected chi connectivity index (χ2v) is 10.4. The summed E-state index contributed by atoms with van der Waals surface area (Å²) in [5, 5.41) is 2.98. The molecule has 1 N–H and O–H groups in total. The van der Waals surface area contributed by atoms with Gasteiger partial charge < -0.3 is 5.32 Å². The monoisotopic (exact) mass is 589 g/mol. The third-order valence-corrected chi connectivity index (χ3v) is 7.37. The number of para-hydroxylation sites is 2. The first-order chi connectivity index (χ1) is 17.8. The molecule has 1 aliphatic carbocycles. The SMILES string of the molecule is O=C(NC1CCC(Cn2c(=O)n(-c3cccc(Br)n3)c3ccccc32)CC1)c1cc(Cl)cnc1C(F)F. The Balaban J connectivity index is 1.30. The van der Waals surface area contributed by atoms with Crippen LogP contribution >= 0.6 is 27.5 Å². The highest BCUT2D eigenvalue weighted by Gasteiger charge is 2.27. The Morgan fingerprint density at radius 3 is 2.54 bits per heavy atom. The maximum absolute atomic E-state index is 13.5. The fourth-order valence-electron chi connectivity index (χ4n) is 4.94. The van der Waals surface area contributed by atoms with Gasteiger partial charge in [-0.2, -0.15) is 0 Å². The molecule has 5 rings (SSSR count). The average molecular weight is 591 g/mol. The lowest BCUT2D eigenvalue weighted by Gasteiger charge is -2.29. The van der Waals surface area contributed by atoms with Crippen LogP contribution in [0.15, 0.2) is 64.1 Å². The Hall–Kier alpha value is -3.11. The lowest BCUT2D eigenvalue weighted by atomic mass is 9.85. The van der Waals surface area contributed by atoms with Gasteiger partial charge in [0.05, 0.1) is 21.6 Å². The number of benzene rings is 1. The average Bonchev–Trinajstić information content (AvgIpc) is 3.16. The van der Waals surface area contributed by atoms with Crippen molar-refractivity contribution in [2.75, 3.05) is 0 Å². The van der Waals surface area contributed by atoms with Crippen molar-refractivity contribution in [1.29, 1.82) is 0 Å². The van der Waals surface area contributed by atoms with Crippen LogP contribution in [0, 0.1) is 5.92 Å². The molecule has 1 fully saturated rings. The zero-order valence-corrected chi connectivity index (χ0v) is 21.9. The number of hydrogen-bond acceptors (Lipinski definition) is 4. The molecule has 3 aromatic heterocycles. The van der Waals surface area contributed by atoms with Gasteiger partial charge in [-0.15, -0.1) is 0 Å². The zero-order valence-electron chi connectivity index (χ0n) is 19.6. The largest absolute Gasteiger partial charge is 0.349 e. The Kier molecular flexibility index (Phi) is 7.39. The number of amides is 1. The molecule has 1 aliphatic rings. The molecule has 0 bridgehead atoms. The molecule has 1 amide bonds. The third kappa shape index (κ3) is 5.31. The number of halogens is 4. The molecule has 37 heavy (non-hydrogen) atoms. The summed E-state index contributed by atoms with van der Waals surface area (Å²) in [4.78, 5) is 34.3. The van der Waals surface area contributed by atoms with Gasteiger partial charge >= 0.3 is 5.69 Å². The van der Waals surface area contributed by atoms with E-state index < -0.39 is 18.0 Å². The van der Waals surface area contributed by atoms with E-state index in [1.807, 2.05) is 36.4 Å². The molecule has 4 aromatic rings. The van der Waals surface area contributed by atoms with E-state index in [2.05, 4.69) is 31.2 Å². The summed E-state index contributed by atoms with van der Waals surface area (Å²) in [5.41, 5.74) is 0.674. The van der Waals surface area contributed by atoms with Crippen LogP contribution in [0.4, 0.5) is 8.78 Å². The predicted molar refractivity (Wildman–Crippen MR) is 140 cm³/mol. The molecule has 1 saturated carbocycles. The minimum absolute atomic E-state index is 0.126. The molecule has 0 spiro atoms. The summed E-state index contributed by atoms with van der Waals surface area (Å²) < 4.78 is 30.7. The van der Waals surface area contributed by atoms with E-state index in [0.717, 1.165) is 30.1 Å². The van der Waals surface area contributed by atoms with Gasteiger partial charge in [-0.25, -0.2) is 23.1 Å². The van der Waals surface area contributed by atoms with E-state index in [4.69, 9.17) is 11.6 Å². The van der Waals surface area contributed by atoms with E-state index in [1.54, 1.807) is 15.2 Å². The zero-order chi connectivity index (χ0) is 26.1. The standard InChI is InChI=1S/C26H23BrClF2N5O2/c27-21-6-3-7-22(33-21)35-20-5-2-1-4-19(20)34(26(35)37)14-15-8-10-17(11-9-15)32-25(36)18-12-16(28)13-31-23(18)24(29)30/h1-7,12-13,15,17,24H,8-11,14H2,(H,32,36). The van der Waals surface area contributed by atoms with E-state index in [9.17, 15) is 18.4 Å². The number of carbonyl (C=O) groups excluding carboxylic acids is 1. The summed E-state index contributed by atoms with van der Waals surface area (Å²) in [6, 6.07) is 14.1. The van der Waals surface area contributed by atoms with Crippen LogP contribution < -0.4 is 11.0 Å². The summed E-state index contributed by atoms with van der Waals surface area (Å²) in [6.07, 6.45) is 1.14. The first-order valence-corrected chi connectivity index (χ1v) is 13.1. The van der Waals surface area contributed by atoms with Crippen LogP contribution in [0.1, 0.15) is 48.2 Å². The molecule has 7 nitrogen and oxygen atoms in total. The first kappa shape index (κ1) is 25.5. The quantitative estimate of drug-likeness (QED) is 0.283. The lowest BCUT2D eigenvalue weighted by molar-refractivity contribution is 0.0904. The maximum atomic E-state index is 13.5. The van der Waals surface area contributed by atoms with Crippen molar-refractivity contribution in [3.63, 3.8) is 0 Å². The highest BCUT2D eigenvalue weighted by molar-refractivity contribution is 9.10. The van der Waals surface area contributed by atoms with E-state index >= 15 is 0 Å². The van der Waals surface area contributed by atoms with Crippen LogP contribution in [0.2, 0.25) is 5.02 Å². The van der Waals surface area contributed by atoms with Gasteiger partial charge in [-0.3, -0.25) is 14.3 Å². The van der Waals surface area contributed by atoms with Gasteiger partial charge in [0.1, 0.15) is 16.1 Å². The van der Waals surface area contributed by atoms with Gasteiger partial charge in [0.15, 0.2) is 0 Å². The highest BCUT2D eigenvalue weighted by atomic mass is 79.9. The molecule has 192 valence electrons. The molecular formula is C26H23BrClF2N5O2. The van der Waals surface area contributed by atoms with Crippen molar-refractivity contribution in [2.45, 2.75) is 44.7 Å². The highest BCUT2D eigenvalue weighted by Crippen LogP contribution is 2.29. The molecule has 1 aromatic carbocycles. The van der Waals surface area contributed by atoms with E-state index in [0.29, 0.717) is 29.8 Å². The van der Waals surface area contributed by atoms with Crippen molar-refractivity contribution in [2.24, 2.45) is 5.92 Å². The molecule has 0 radical (unpaired) electrons.